The van der Waals surface area contributed by atoms with Gasteiger partial charge in [-0.3, -0.25) is 19.2 Å². The Morgan fingerprint density at radius 2 is 1.97 bits per heavy atom. The van der Waals surface area contributed by atoms with Crippen molar-refractivity contribution in [3.8, 4) is 5.75 Å². The summed E-state index contributed by atoms with van der Waals surface area (Å²) in [6.07, 6.45) is 6.36. The highest BCUT2D eigenvalue weighted by Gasteiger charge is 2.41. The van der Waals surface area contributed by atoms with Gasteiger partial charge in [0.25, 0.3) is 5.91 Å². The summed E-state index contributed by atoms with van der Waals surface area (Å²) in [6, 6.07) is 4.14. The molecule has 0 saturated heterocycles. The van der Waals surface area contributed by atoms with Crippen molar-refractivity contribution in [1.82, 2.24) is 24.5 Å². The number of aryl methyl sites for hydroxylation is 2. The molecule has 0 radical (unpaired) electrons. The lowest BCUT2D eigenvalue weighted by Gasteiger charge is -2.46. The summed E-state index contributed by atoms with van der Waals surface area (Å²) in [6.45, 7) is 10.5. The summed E-state index contributed by atoms with van der Waals surface area (Å²) in [4.78, 5) is 31.9. The lowest BCUT2D eigenvalue weighted by atomic mass is 9.83. The summed E-state index contributed by atoms with van der Waals surface area (Å²) < 4.78 is 12.9. The molecule has 1 aromatic heterocycles. The summed E-state index contributed by atoms with van der Waals surface area (Å²) in [7, 11) is 9.11. The number of carbonyl (C=O) groups is 2. The van der Waals surface area contributed by atoms with Gasteiger partial charge in [-0.15, -0.1) is 0 Å². The fourth-order valence-corrected chi connectivity index (χ4v) is 5.93. The van der Waals surface area contributed by atoms with Crippen LogP contribution in [0.1, 0.15) is 72.3 Å². The Labute approximate surface area is 233 Å². The standard InChI is InChI=1S/C30H45N5O4/c1-10-30(33(6)11-2,12-13-32(5)29(37)25-18-34(7)31-22(25)4)27-14-21(3)28-24(17-35(27)20-36)15-23(19-38-8)16-26(28)39-9/h14-16,18,20-21H,10-13,17,19H2,1-9H3/t21-,30?/m0/s1. The van der Waals surface area contributed by atoms with Crippen LogP contribution in [0.3, 0.4) is 0 Å². The fraction of sp³-hybridized carbons (Fsp3) is 0.567. The highest BCUT2D eigenvalue weighted by atomic mass is 16.5. The molecule has 0 N–H and O–H groups in total. The summed E-state index contributed by atoms with van der Waals surface area (Å²) in [5, 5.41) is 4.33. The monoisotopic (exact) mass is 539 g/mol. The molecule has 0 fully saturated rings. The zero-order valence-electron chi connectivity index (χ0n) is 25.1. The lowest BCUT2D eigenvalue weighted by Crippen LogP contribution is -2.53. The van der Waals surface area contributed by atoms with Crippen LogP contribution in [-0.2, 0) is 29.7 Å². The molecule has 1 aliphatic heterocycles. The second-order valence-corrected chi connectivity index (χ2v) is 10.6. The van der Waals surface area contributed by atoms with Gasteiger partial charge in [0.1, 0.15) is 5.75 Å². The molecule has 3 rings (SSSR count). The number of hydrogen-bond acceptors (Lipinski definition) is 6. The van der Waals surface area contributed by atoms with Crippen LogP contribution in [0.15, 0.2) is 30.1 Å². The van der Waals surface area contributed by atoms with Crippen molar-refractivity contribution in [2.45, 2.75) is 65.1 Å². The first-order valence-electron chi connectivity index (χ1n) is 13.7. The van der Waals surface area contributed by atoms with E-state index in [1.54, 1.807) is 30.0 Å². The van der Waals surface area contributed by atoms with Crippen LogP contribution in [0.2, 0.25) is 0 Å². The highest BCUT2D eigenvalue weighted by Crippen LogP contribution is 2.42. The van der Waals surface area contributed by atoms with Gasteiger partial charge in [0.05, 0.1) is 37.1 Å². The van der Waals surface area contributed by atoms with E-state index in [0.29, 0.717) is 37.4 Å². The number of allylic oxidation sites excluding steroid dienone is 1. The molecule has 1 unspecified atom stereocenters. The SMILES string of the molecule is CCN(C)C(CC)(CCN(C)C(=O)c1cn(C)nc1C)C1=C[C@H](C)c2c(cc(COC)cc2OC)CN1C=O. The number of benzene rings is 1. The number of rotatable bonds is 12. The number of carbonyl (C=O) groups excluding carboxylic acids is 2. The zero-order valence-corrected chi connectivity index (χ0v) is 25.1. The summed E-state index contributed by atoms with van der Waals surface area (Å²) >= 11 is 0. The van der Waals surface area contributed by atoms with Gasteiger partial charge in [-0.25, -0.2) is 0 Å². The quantitative estimate of drug-likeness (QED) is 0.378. The zero-order chi connectivity index (χ0) is 28.9. The maximum Gasteiger partial charge on any atom is 0.257 e. The van der Waals surface area contributed by atoms with Gasteiger partial charge in [-0.1, -0.05) is 32.9 Å². The van der Waals surface area contributed by atoms with Crippen molar-refractivity contribution in [3.63, 3.8) is 0 Å². The number of likely N-dealkylation sites (N-methyl/N-ethyl adjacent to an activating group) is 1. The molecule has 2 atom stereocenters. The third-order valence-electron chi connectivity index (χ3n) is 8.18. The van der Waals surface area contributed by atoms with Crippen LogP contribution in [-0.4, -0.2) is 83.7 Å². The second-order valence-electron chi connectivity index (χ2n) is 10.6. The van der Waals surface area contributed by atoms with Crippen molar-refractivity contribution in [3.05, 3.63) is 58.1 Å². The van der Waals surface area contributed by atoms with E-state index in [1.807, 2.05) is 32.0 Å². The number of amides is 2. The van der Waals surface area contributed by atoms with Gasteiger partial charge >= 0.3 is 0 Å². The topological polar surface area (TPSA) is 80.1 Å². The predicted octanol–water partition coefficient (Wildman–Crippen LogP) is 4.11. The smallest absolute Gasteiger partial charge is 0.257 e. The summed E-state index contributed by atoms with van der Waals surface area (Å²) in [5.74, 6) is 0.765. The first kappa shape index (κ1) is 30.4. The molecular weight excluding hydrogens is 494 g/mol. The van der Waals surface area contributed by atoms with Crippen LogP contribution in [0.4, 0.5) is 0 Å². The van der Waals surface area contributed by atoms with E-state index in [0.717, 1.165) is 47.5 Å². The maximum absolute atomic E-state index is 13.3. The van der Waals surface area contributed by atoms with Crippen molar-refractivity contribution in [2.75, 3.05) is 41.4 Å². The fourth-order valence-electron chi connectivity index (χ4n) is 5.93. The minimum Gasteiger partial charge on any atom is -0.496 e. The van der Waals surface area contributed by atoms with E-state index in [1.165, 1.54) is 0 Å². The molecule has 0 spiro atoms. The first-order valence-corrected chi connectivity index (χ1v) is 13.7. The highest BCUT2D eigenvalue weighted by molar-refractivity contribution is 5.94. The lowest BCUT2D eigenvalue weighted by molar-refractivity contribution is -0.118. The van der Waals surface area contributed by atoms with Crippen LogP contribution in [0, 0.1) is 6.92 Å². The van der Waals surface area contributed by atoms with Gasteiger partial charge in [-0.2, -0.15) is 5.10 Å². The van der Waals surface area contributed by atoms with Gasteiger partial charge in [-0.05, 0) is 50.6 Å². The van der Waals surface area contributed by atoms with Crippen molar-refractivity contribution in [2.24, 2.45) is 7.05 Å². The molecule has 214 valence electrons. The van der Waals surface area contributed by atoms with E-state index in [2.05, 4.69) is 50.0 Å². The normalized spacial score (nSPS) is 16.8. The van der Waals surface area contributed by atoms with Gasteiger partial charge in [0, 0.05) is 51.1 Å². The van der Waals surface area contributed by atoms with Crippen molar-refractivity contribution in [1.29, 1.82) is 0 Å². The Bertz CT molecular complexity index is 1210. The molecule has 2 amide bonds. The van der Waals surface area contributed by atoms with E-state index >= 15 is 0 Å². The Morgan fingerprint density at radius 3 is 2.51 bits per heavy atom. The van der Waals surface area contributed by atoms with E-state index < -0.39 is 5.54 Å². The van der Waals surface area contributed by atoms with Crippen molar-refractivity contribution < 1.29 is 19.1 Å². The Hall–Kier alpha value is -3.17. The van der Waals surface area contributed by atoms with Crippen LogP contribution in [0.25, 0.3) is 0 Å². The number of aromatic nitrogens is 2. The molecule has 0 saturated carbocycles. The average Bonchev–Trinajstić information content (AvgIpc) is 3.19. The van der Waals surface area contributed by atoms with E-state index in [-0.39, 0.29) is 11.8 Å². The summed E-state index contributed by atoms with van der Waals surface area (Å²) in [5.41, 5.74) is 4.96. The maximum atomic E-state index is 13.3. The molecule has 9 heteroatoms. The van der Waals surface area contributed by atoms with Crippen LogP contribution < -0.4 is 4.74 Å². The number of hydrogen-bond donors (Lipinski definition) is 0. The Morgan fingerprint density at radius 1 is 1.26 bits per heavy atom. The molecule has 1 aliphatic rings. The third kappa shape index (κ3) is 6.04. The molecule has 2 aromatic rings. The first-order chi connectivity index (χ1) is 18.6. The molecule has 1 aromatic carbocycles. The molecular formula is C30H45N5O4. The Kier molecular flexibility index (Phi) is 9.96. The van der Waals surface area contributed by atoms with E-state index in [4.69, 9.17) is 9.47 Å². The second kappa shape index (κ2) is 12.8. The predicted molar refractivity (Wildman–Crippen MR) is 153 cm³/mol. The van der Waals surface area contributed by atoms with Crippen molar-refractivity contribution >= 4 is 12.3 Å². The number of ether oxygens (including phenoxy) is 2. The largest absolute Gasteiger partial charge is 0.496 e. The molecule has 9 nitrogen and oxygen atoms in total. The minimum atomic E-state index is -0.465. The van der Waals surface area contributed by atoms with Gasteiger partial charge in [0.2, 0.25) is 6.41 Å². The Balaban J connectivity index is 2.03. The van der Waals surface area contributed by atoms with Gasteiger partial charge in [0.15, 0.2) is 0 Å². The number of methoxy groups -OCH3 is 2. The number of nitrogens with zero attached hydrogens (tertiary/aromatic N) is 5. The average molecular weight is 540 g/mol. The minimum absolute atomic E-state index is 0.0140. The van der Waals surface area contributed by atoms with Crippen LogP contribution in [0.5, 0.6) is 5.75 Å². The molecule has 0 bridgehead atoms. The molecule has 2 heterocycles. The van der Waals surface area contributed by atoms with E-state index in [9.17, 15) is 9.59 Å². The third-order valence-corrected chi connectivity index (χ3v) is 8.18. The number of fused-ring (bicyclic) bond motifs is 1. The molecule has 0 aliphatic carbocycles. The molecule has 39 heavy (non-hydrogen) atoms. The van der Waals surface area contributed by atoms with Crippen LogP contribution >= 0.6 is 0 Å². The van der Waals surface area contributed by atoms with Gasteiger partial charge < -0.3 is 19.3 Å².